The van der Waals surface area contributed by atoms with E-state index < -0.39 is 0 Å². The van der Waals surface area contributed by atoms with E-state index in [9.17, 15) is 4.79 Å². The first-order valence-corrected chi connectivity index (χ1v) is 7.07. The number of hydrogen-bond donors (Lipinski definition) is 2. The second-order valence-corrected chi connectivity index (χ2v) is 6.60. The van der Waals surface area contributed by atoms with Gasteiger partial charge in [0.15, 0.2) is 0 Å². The Morgan fingerprint density at radius 2 is 2.00 bits per heavy atom. The van der Waals surface area contributed by atoms with Crippen LogP contribution in [0.5, 0.6) is 0 Å². The van der Waals surface area contributed by atoms with E-state index in [0.717, 1.165) is 18.6 Å². The van der Waals surface area contributed by atoms with Crippen molar-refractivity contribution in [1.82, 2.24) is 5.43 Å². The maximum Gasteiger partial charge on any atom is 0.271 e. The van der Waals surface area contributed by atoms with Gasteiger partial charge in [-0.05, 0) is 54.9 Å². The summed E-state index contributed by atoms with van der Waals surface area (Å²) in [6.07, 6.45) is 3.11. The molecule has 1 aliphatic rings. The number of anilines is 1. The molecule has 0 saturated heterocycles. The number of amides is 1. The van der Waals surface area contributed by atoms with Gasteiger partial charge in [-0.25, -0.2) is 5.43 Å². The fourth-order valence-electron chi connectivity index (χ4n) is 3.03. The normalized spacial score (nSPS) is 23.6. The number of rotatable bonds is 2. The molecule has 0 heterocycles. The first kappa shape index (κ1) is 14.6. The van der Waals surface area contributed by atoms with E-state index in [1.54, 1.807) is 24.3 Å². The monoisotopic (exact) mass is 273 g/mol. The molecule has 0 spiro atoms. The number of carbonyl (C=O) groups excluding carboxylic acids is 1. The average molecular weight is 273 g/mol. The van der Waals surface area contributed by atoms with Crippen molar-refractivity contribution in [3.05, 3.63) is 29.8 Å². The summed E-state index contributed by atoms with van der Waals surface area (Å²) in [5, 5.41) is 4.31. The summed E-state index contributed by atoms with van der Waals surface area (Å²) in [5.41, 5.74) is 10.8. The third-order valence-corrected chi connectivity index (χ3v) is 3.66. The summed E-state index contributed by atoms with van der Waals surface area (Å²) in [6.45, 7) is 6.73. The van der Waals surface area contributed by atoms with Gasteiger partial charge in [-0.15, -0.1) is 0 Å². The number of nitrogen functional groups attached to an aromatic ring is 1. The van der Waals surface area contributed by atoms with Crippen LogP contribution in [0.3, 0.4) is 0 Å². The predicted octanol–water partition coefficient (Wildman–Crippen LogP) is 3.20. The summed E-state index contributed by atoms with van der Waals surface area (Å²) in [5.74, 6) is 0.430. The van der Waals surface area contributed by atoms with E-state index >= 15 is 0 Å². The van der Waals surface area contributed by atoms with Gasteiger partial charge >= 0.3 is 0 Å². The number of hydrogen-bond acceptors (Lipinski definition) is 3. The molecule has 0 aliphatic heterocycles. The number of hydrazone groups is 1. The molecule has 20 heavy (non-hydrogen) atoms. The van der Waals surface area contributed by atoms with Crippen molar-refractivity contribution in [2.45, 2.75) is 40.0 Å². The molecular formula is C16H23N3O. The maximum atomic E-state index is 12.0. The molecule has 4 nitrogen and oxygen atoms in total. The van der Waals surface area contributed by atoms with Crippen LogP contribution in [-0.2, 0) is 0 Å². The third-order valence-electron chi connectivity index (χ3n) is 3.66. The van der Waals surface area contributed by atoms with Gasteiger partial charge in [-0.2, -0.15) is 5.10 Å². The molecule has 0 radical (unpaired) electrons. The average Bonchev–Trinajstić information content (AvgIpc) is 2.34. The number of nitrogens with zero attached hydrogens (tertiary/aromatic N) is 1. The van der Waals surface area contributed by atoms with Gasteiger partial charge in [-0.1, -0.05) is 20.8 Å². The Kier molecular flexibility index (Phi) is 4.12. The lowest BCUT2D eigenvalue weighted by Crippen LogP contribution is -2.30. The van der Waals surface area contributed by atoms with Crippen molar-refractivity contribution >= 4 is 17.3 Å². The van der Waals surface area contributed by atoms with E-state index in [2.05, 4.69) is 31.3 Å². The fourth-order valence-corrected chi connectivity index (χ4v) is 3.03. The molecule has 3 N–H and O–H groups in total. The lowest BCUT2D eigenvalue weighted by atomic mass is 9.72. The largest absolute Gasteiger partial charge is 0.399 e. The number of carbonyl (C=O) groups is 1. The smallest absolute Gasteiger partial charge is 0.271 e. The van der Waals surface area contributed by atoms with Crippen LogP contribution in [0.1, 0.15) is 50.4 Å². The molecule has 4 heteroatoms. The van der Waals surface area contributed by atoms with E-state index in [4.69, 9.17) is 5.73 Å². The van der Waals surface area contributed by atoms with E-state index in [-0.39, 0.29) is 11.3 Å². The Balaban J connectivity index is 2.01. The van der Waals surface area contributed by atoms with E-state index in [1.165, 1.54) is 6.42 Å². The highest BCUT2D eigenvalue weighted by molar-refractivity contribution is 5.95. The minimum Gasteiger partial charge on any atom is -0.399 e. The quantitative estimate of drug-likeness (QED) is 0.642. The molecule has 1 atom stereocenters. The molecule has 1 saturated carbocycles. The van der Waals surface area contributed by atoms with Crippen LogP contribution in [0.2, 0.25) is 0 Å². The zero-order valence-electron chi connectivity index (χ0n) is 12.4. The van der Waals surface area contributed by atoms with Gasteiger partial charge in [0.25, 0.3) is 5.91 Å². The SMILES string of the molecule is C[C@H]1C/C(=N/NC(=O)c2ccc(N)cc2)CC(C)(C)C1. The minimum absolute atomic E-state index is 0.187. The Morgan fingerprint density at radius 3 is 2.60 bits per heavy atom. The maximum absolute atomic E-state index is 12.0. The standard InChI is InChI=1S/C16H23N3O/c1-11-8-14(10-16(2,3)9-11)18-19-15(20)12-4-6-13(17)7-5-12/h4-7,11H,8-10,17H2,1-3H3,(H,19,20)/b18-14-/t11-/m0/s1. The van der Waals surface area contributed by atoms with Crippen molar-refractivity contribution in [3.63, 3.8) is 0 Å². The number of nitrogens with two attached hydrogens (primary N) is 1. The van der Waals surface area contributed by atoms with Crippen molar-refractivity contribution in [2.24, 2.45) is 16.4 Å². The van der Waals surface area contributed by atoms with Crippen LogP contribution in [0.25, 0.3) is 0 Å². The second kappa shape index (κ2) is 5.65. The topological polar surface area (TPSA) is 67.5 Å². The molecule has 0 unspecified atom stereocenters. The molecular weight excluding hydrogens is 250 g/mol. The van der Waals surface area contributed by atoms with Crippen LogP contribution in [0.15, 0.2) is 29.4 Å². The van der Waals surface area contributed by atoms with Crippen LogP contribution < -0.4 is 11.2 Å². The summed E-state index contributed by atoms with van der Waals surface area (Å²) in [6, 6.07) is 6.85. The highest BCUT2D eigenvalue weighted by atomic mass is 16.2. The third kappa shape index (κ3) is 3.83. The first-order valence-electron chi connectivity index (χ1n) is 7.07. The van der Waals surface area contributed by atoms with Crippen LogP contribution in [0, 0.1) is 11.3 Å². The summed E-state index contributed by atoms with van der Waals surface area (Å²) >= 11 is 0. The zero-order valence-corrected chi connectivity index (χ0v) is 12.4. The molecule has 1 aliphatic carbocycles. The van der Waals surface area contributed by atoms with Gasteiger partial charge < -0.3 is 5.73 Å². The molecule has 1 fully saturated rings. The van der Waals surface area contributed by atoms with Gasteiger partial charge in [0.2, 0.25) is 0 Å². The van der Waals surface area contributed by atoms with Crippen molar-refractivity contribution < 1.29 is 4.79 Å². The molecule has 0 aromatic heterocycles. The van der Waals surface area contributed by atoms with Gasteiger partial charge in [-0.3, -0.25) is 4.79 Å². The fraction of sp³-hybridized carbons (Fsp3) is 0.500. The highest BCUT2D eigenvalue weighted by Gasteiger charge is 2.29. The number of benzene rings is 1. The lowest BCUT2D eigenvalue weighted by molar-refractivity contribution is 0.0954. The molecule has 1 aromatic rings. The second-order valence-electron chi connectivity index (χ2n) is 6.60. The van der Waals surface area contributed by atoms with Crippen LogP contribution >= 0.6 is 0 Å². The first-order chi connectivity index (χ1) is 9.35. The van der Waals surface area contributed by atoms with Crippen molar-refractivity contribution in [2.75, 3.05) is 5.73 Å². The Hall–Kier alpha value is -1.84. The Morgan fingerprint density at radius 1 is 1.35 bits per heavy atom. The summed E-state index contributed by atoms with van der Waals surface area (Å²) in [4.78, 5) is 12.0. The van der Waals surface area contributed by atoms with Crippen LogP contribution in [-0.4, -0.2) is 11.6 Å². The molecule has 1 amide bonds. The molecule has 1 aromatic carbocycles. The minimum atomic E-state index is -0.187. The van der Waals surface area contributed by atoms with Gasteiger partial charge in [0.1, 0.15) is 0 Å². The van der Waals surface area contributed by atoms with Crippen molar-refractivity contribution in [3.8, 4) is 0 Å². The van der Waals surface area contributed by atoms with E-state index in [0.29, 0.717) is 17.2 Å². The Bertz CT molecular complexity index is 517. The van der Waals surface area contributed by atoms with E-state index in [1.807, 2.05) is 0 Å². The predicted molar refractivity (Wildman–Crippen MR) is 82.6 cm³/mol. The van der Waals surface area contributed by atoms with Crippen LogP contribution in [0.4, 0.5) is 5.69 Å². The van der Waals surface area contributed by atoms with Crippen molar-refractivity contribution in [1.29, 1.82) is 0 Å². The van der Waals surface area contributed by atoms with Gasteiger partial charge in [0, 0.05) is 17.0 Å². The van der Waals surface area contributed by atoms with Gasteiger partial charge in [0.05, 0.1) is 0 Å². The molecule has 0 bridgehead atoms. The summed E-state index contributed by atoms with van der Waals surface area (Å²) < 4.78 is 0. The Labute approximate surface area is 120 Å². The highest BCUT2D eigenvalue weighted by Crippen LogP contribution is 2.36. The summed E-state index contributed by atoms with van der Waals surface area (Å²) in [7, 11) is 0. The molecule has 2 rings (SSSR count). The molecule has 108 valence electrons. The lowest BCUT2D eigenvalue weighted by Gasteiger charge is -2.34. The number of nitrogens with one attached hydrogen (secondary N) is 1. The zero-order chi connectivity index (χ0) is 14.8.